The third-order valence-electron chi connectivity index (χ3n) is 5.76. The topological polar surface area (TPSA) is 46.3 Å². The first-order valence-corrected chi connectivity index (χ1v) is 11.3. The molecule has 31 heavy (non-hydrogen) atoms. The van der Waals surface area contributed by atoms with Crippen LogP contribution in [0.15, 0.2) is 34.8 Å². The molecule has 3 rings (SSSR count). The van der Waals surface area contributed by atoms with Crippen molar-refractivity contribution in [1.82, 2.24) is 0 Å². The van der Waals surface area contributed by atoms with Gasteiger partial charge in [0.05, 0.1) is 15.1 Å². The van der Waals surface area contributed by atoms with Crippen molar-refractivity contribution in [3.8, 4) is 0 Å². The van der Waals surface area contributed by atoms with Crippen LogP contribution in [0.1, 0.15) is 24.5 Å². The summed E-state index contributed by atoms with van der Waals surface area (Å²) in [6.45, 7) is 1.64. The van der Waals surface area contributed by atoms with Gasteiger partial charge in [-0.3, -0.25) is 4.79 Å². The molecule has 1 saturated heterocycles. The van der Waals surface area contributed by atoms with Crippen LogP contribution in [0.4, 0.5) is 18.9 Å². The fraction of sp³-hybridized carbons (Fsp3) is 0.381. The number of hydrogen-bond acceptors (Lipinski definition) is 2. The Kier molecular flexibility index (Phi) is 7.11. The van der Waals surface area contributed by atoms with E-state index in [2.05, 4.69) is 15.9 Å². The minimum atomic E-state index is -4.52. The van der Waals surface area contributed by atoms with Gasteiger partial charge in [-0.05, 0) is 48.2 Å². The van der Waals surface area contributed by atoms with Crippen molar-refractivity contribution in [1.29, 1.82) is 0 Å². The van der Waals surface area contributed by atoms with E-state index in [9.17, 15) is 18.0 Å². The third kappa shape index (κ3) is 4.80. The number of anilines is 1. The van der Waals surface area contributed by atoms with E-state index in [1.165, 1.54) is 12.1 Å². The number of carbonyl (C=O) groups is 1. The molecule has 2 aromatic rings. The number of nitrogens with two attached hydrogens (primary N) is 1. The summed E-state index contributed by atoms with van der Waals surface area (Å²) in [5.74, 6) is -0.767. The van der Waals surface area contributed by atoms with Gasteiger partial charge in [0.1, 0.15) is 5.41 Å². The Morgan fingerprint density at radius 1 is 1.23 bits per heavy atom. The van der Waals surface area contributed by atoms with Crippen LogP contribution in [0.3, 0.4) is 0 Å². The minimum Gasteiger partial charge on any atom is -0.370 e. The molecule has 168 valence electrons. The molecular formula is C21H19BrCl3F3N2O. The second kappa shape index (κ2) is 9.00. The Hall–Kier alpha value is -1.15. The molecule has 1 aliphatic rings. The Bertz CT molecular complexity index is 995. The van der Waals surface area contributed by atoms with Crippen LogP contribution in [0.2, 0.25) is 15.1 Å². The summed E-state index contributed by atoms with van der Waals surface area (Å²) in [6, 6.07) is 7.80. The minimum absolute atomic E-state index is 0.00660. The number of nitrogens with zero attached hydrogens (tertiary/aromatic N) is 1. The van der Waals surface area contributed by atoms with Gasteiger partial charge in [0, 0.05) is 29.2 Å². The van der Waals surface area contributed by atoms with E-state index in [1.807, 2.05) is 0 Å². The van der Waals surface area contributed by atoms with Crippen LogP contribution >= 0.6 is 50.7 Å². The van der Waals surface area contributed by atoms with E-state index in [4.69, 9.17) is 40.5 Å². The lowest BCUT2D eigenvalue weighted by molar-refractivity contribution is -0.184. The second-order valence-electron chi connectivity index (χ2n) is 7.79. The quantitative estimate of drug-likeness (QED) is 0.411. The number of rotatable bonds is 5. The molecule has 2 N–H and O–H groups in total. The van der Waals surface area contributed by atoms with Crippen molar-refractivity contribution < 1.29 is 18.0 Å². The van der Waals surface area contributed by atoms with Gasteiger partial charge >= 0.3 is 6.18 Å². The molecule has 1 fully saturated rings. The molecule has 3 nitrogen and oxygen atoms in total. The maximum Gasteiger partial charge on any atom is 0.400 e. The molecule has 1 heterocycles. The molecule has 0 aromatic heterocycles. The molecule has 1 aliphatic heterocycles. The average Bonchev–Trinajstić information content (AvgIpc) is 3.14. The van der Waals surface area contributed by atoms with E-state index in [0.29, 0.717) is 16.6 Å². The normalized spacial score (nSPS) is 20.2. The first kappa shape index (κ1) is 24.5. The summed E-state index contributed by atoms with van der Waals surface area (Å²) < 4.78 is 43.7. The maximum atomic E-state index is 14.3. The number of alkyl halides is 3. The lowest BCUT2D eigenvalue weighted by Crippen LogP contribution is -2.44. The van der Waals surface area contributed by atoms with Gasteiger partial charge in [0.15, 0.2) is 0 Å². The molecule has 0 radical (unpaired) electrons. The first-order chi connectivity index (χ1) is 14.4. The molecule has 10 heteroatoms. The van der Waals surface area contributed by atoms with Gasteiger partial charge in [-0.15, -0.1) is 0 Å². The number of benzene rings is 2. The highest BCUT2D eigenvalue weighted by molar-refractivity contribution is 9.10. The van der Waals surface area contributed by atoms with Crippen LogP contribution in [0.25, 0.3) is 0 Å². The Morgan fingerprint density at radius 3 is 2.35 bits per heavy atom. The molecule has 2 atom stereocenters. The molecule has 0 aliphatic carbocycles. The van der Waals surface area contributed by atoms with Crippen LogP contribution in [0, 0.1) is 5.92 Å². The van der Waals surface area contributed by atoms with Crippen molar-refractivity contribution in [3.63, 3.8) is 0 Å². The zero-order valence-electron chi connectivity index (χ0n) is 16.4. The molecule has 0 saturated carbocycles. The number of halogens is 7. The lowest BCUT2D eigenvalue weighted by Gasteiger charge is -2.33. The molecule has 1 amide bonds. The molecule has 0 spiro atoms. The van der Waals surface area contributed by atoms with Gasteiger partial charge in [-0.2, -0.15) is 13.2 Å². The fourth-order valence-electron chi connectivity index (χ4n) is 3.82. The highest BCUT2D eigenvalue weighted by Crippen LogP contribution is 2.50. The van der Waals surface area contributed by atoms with Gasteiger partial charge in [-0.1, -0.05) is 63.7 Å². The number of carbonyl (C=O) groups excluding carboxylic acids is 1. The van der Waals surface area contributed by atoms with Gasteiger partial charge in [0.25, 0.3) is 0 Å². The molecule has 2 aromatic carbocycles. The van der Waals surface area contributed by atoms with Crippen molar-refractivity contribution in [3.05, 3.63) is 61.0 Å². The Morgan fingerprint density at radius 2 is 1.84 bits per heavy atom. The first-order valence-electron chi connectivity index (χ1n) is 9.40. The van der Waals surface area contributed by atoms with E-state index in [-0.39, 0.29) is 46.1 Å². The summed E-state index contributed by atoms with van der Waals surface area (Å²) in [7, 11) is 0. The largest absolute Gasteiger partial charge is 0.400 e. The zero-order valence-corrected chi connectivity index (χ0v) is 20.2. The third-order valence-corrected chi connectivity index (χ3v) is 7.70. The van der Waals surface area contributed by atoms with E-state index < -0.39 is 17.5 Å². The van der Waals surface area contributed by atoms with Crippen molar-refractivity contribution >= 4 is 62.3 Å². The fourth-order valence-corrected chi connectivity index (χ4v) is 4.95. The molecular weight excluding hydrogens is 540 g/mol. The number of amides is 1. The second-order valence-corrected chi connectivity index (χ2v) is 9.84. The summed E-state index contributed by atoms with van der Waals surface area (Å²) in [5.41, 5.74) is 4.68. The van der Waals surface area contributed by atoms with Crippen LogP contribution in [-0.2, 0) is 16.6 Å². The molecule has 2 unspecified atom stereocenters. The summed E-state index contributed by atoms with van der Waals surface area (Å²) in [6.07, 6.45) is -4.23. The monoisotopic (exact) mass is 556 g/mol. The van der Waals surface area contributed by atoms with E-state index >= 15 is 0 Å². The zero-order chi connectivity index (χ0) is 23.1. The predicted molar refractivity (Wildman–Crippen MR) is 122 cm³/mol. The highest BCUT2D eigenvalue weighted by atomic mass is 79.9. The van der Waals surface area contributed by atoms with Gasteiger partial charge in [0.2, 0.25) is 5.91 Å². The Balaban J connectivity index is 1.93. The smallest absolute Gasteiger partial charge is 0.370 e. The highest BCUT2D eigenvalue weighted by Gasteiger charge is 2.59. The maximum absolute atomic E-state index is 14.3. The van der Waals surface area contributed by atoms with Crippen molar-refractivity contribution in [2.24, 2.45) is 11.7 Å². The summed E-state index contributed by atoms with van der Waals surface area (Å²) in [4.78, 5) is 13.0. The van der Waals surface area contributed by atoms with Gasteiger partial charge in [-0.25, -0.2) is 0 Å². The van der Waals surface area contributed by atoms with Crippen LogP contribution in [0.5, 0.6) is 0 Å². The van der Waals surface area contributed by atoms with Crippen molar-refractivity contribution in [2.75, 3.05) is 18.0 Å². The Labute approximate surface area is 201 Å². The predicted octanol–water partition coefficient (Wildman–Crippen LogP) is 6.78. The van der Waals surface area contributed by atoms with E-state index in [0.717, 1.165) is 5.56 Å². The van der Waals surface area contributed by atoms with Crippen LogP contribution < -0.4 is 10.6 Å². The van der Waals surface area contributed by atoms with Crippen molar-refractivity contribution in [2.45, 2.75) is 31.4 Å². The standard InChI is InChI=1S/C21H19BrCl3F3N2O/c1-11(19(29)31)6-12-2-3-14(9-15(12)22)30-5-4-20(10-30,21(26,27)28)13-7-16(23)18(25)17(24)8-13/h2-3,7-9,11H,4-6,10H2,1H3,(H2,29,31). The van der Waals surface area contributed by atoms with Crippen LogP contribution in [-0.4, -0.2) is 25.2 Å². The summed E-state index contributed by atoms with van der Waals surface area (Å²) in [5, 5.41) is 0.00721. The SMILES string of the molecule is CC(Cc1ccc(N2CCC(c3cc(Cl)c(Cl)c(Cl)c3)(C(F)(F)F)C2)cc1Br)C(N)=O. The lowest BCUT2D eigenvalue weighted by atomic mass is 9.79. The number of hydrogen-bond donors (Lipinski definition) is 1. The number of primary amides is 1. The average molecular weight is 559 g/mol. The molecule has 0 bridgehead atoms. The summed E-state index contributed by atoms with van der Waals surface area (Å²) >= 11 is 21.5. The van der Waals surface area contributed by atoms with E-state index in [1.54, 1.807) is 30.0 Å². The van der Waals surface area contributed by atoms with Gasteiger partial charge < -0.3 is 10.6 Å².